The van der Waals surface area contributed by atoms with Crippen LogP contribution in [0.15, 0.2) is 48.5 Å². The van der Waals surface area contributed by atoms with E-state index in [0.29, 0.717) is 6.61 Å². The maximum absolute atomic E-state index is 11.7. The predicted octanol–water partition coefficient (Wildman–Crippen LogP) is 3.93. The highest BCUT2D eigenvalue weighted by atomic mass is 16.6. The van der Waals surface area contributed by atoms with Gasteiger partial charge in [0.1, 0.15) is 19.0 Å². The van der Waals surface area contributed by atoms with Crippen LogP contribution in [0.5, 0.6) is 5.75 Å². The Hall–Kier alpha value is -2.49. The number of para-hydroxylation sites is 1. The van der Waals surface area contributed by atoms with Crippen molar-refractivity contribution in [2.45, 2.75) is 13.8 Å². The lowest BCUT2D eigenvalue weighted by molar-refractivity contribution is 0.138. The molecule has 2 aromatic rings. The number of nitrogens with one attached hydrogen (secondary N) is 1. The van der Waals surface area contributed by atoms with Gasteiger partial charge in [-0.3, -0.25) is 5.32 Å². The number of ether oxygens (including phenoxy) is 2. The minimum absolute atomic E-state index is 0.200. The maximum Gasteiger partial charge on any atom is 0.411 e. The molecule has 0 radical (unpaired) electrons. The molecule has 0 heterocycles. The van der Waals surface area contributed by atoms with Gasteiger partial charge < -0.3 is 9.47 Å². The Labute approximate surface area is 124 Å². The van der Waals surface area contributed by atoms with Gasteiger partial charge >= 0.3 is 6.09 Å². The minimum Gasteiger partial charge on any atom is -0.490 e. The van der Waals surface area contributed by atoms with Crippen molar-refractivity contribution in [3.8, 4) is 5.75 Å². The van der Waals surface area contributed by atoms with Crippen LogP contribution in [0.4, 0.5) is 10.5 Å². The molecular formula is C17H19NO3. The highest BCUT2D eigenvalue weighted by Crippen LogP contribution is 2.16. The number of carbonyl (C=O) groups excluding carboxylic acids is 1. The van der Waals surface area contributed by atoms with Gasteiger partial charge in [-0.2, -0.15) is 0 Å². The molecule has 4 nitrogen and oxygen atoms in total. The fourth-order valence-corrected chi connectivity index (χ4v) is 1.83. The number of amides is 1. The molecule has 4 heteroatoms. The van der Waals surface area contributed by atoms with Crippen molar-refractivity contribution in [2.75, 3.05) is 18.5 Å². The third-order valence-electron chi connectivity index (χ3n) is 2.96. The largest absolute Gasteiger partial charge is 0.490 e. The van der Waals surface area contributed by atoms with Crippen LogP contribution in [0.25, 0.3) is 0 Å². The lowest BCUT2D eigenvalue weighted by atomic mass is 10.1. The molecule has 110 valence electrons. The summed E-state index contributed by atoms with van der Waals surface area (Å²) in [4.78, 5) is 11.7. The number of anilines is 1. The van der Waals surface area contributed by atoms with E-state index >= 15 is 0 Å². The first-order valence-corrected chi connectivity index (χ1v) is 6.84. The van der Waals surface area contributed by atoms with E-state index < -0.39 is 6.09 Å². The monoisotopic (exact) mass is 285 g/mol. The summed E-state index contributed by atoms with van der Waals surface area (Å²) in [6, 6.07) is 15.3. The molecule has 0 fully saturated rings. The minimum atomic E-state index is -0.472. The molecule has 0 bridgehead atoms. The molecule has 0 saturated heterocycles. The molecule has 0 aliphatic heterocycles. The van der Waals surface area contributed by atoms with Gasteiger partial charge in [0.05, 0.1) is 0 Å². The summed E-state index contributed by atoms with van der Waals surface area (Å²) in [5.41, 5.74) is 2.85. The van der Waals surface area contributed by atoms with Crippen molar-refractivity contribution in [3.63, 3.8) is 0 Å². The van der Waals surface area contributed by atoms with E-state index in [4.69, 9.17) is 9.47 Å². The fourth-order valence-electron chi connectivity index (χ4n) is 1.83. The number of benzene rings is 2. The second kappa shape index (κ2) is 7.33. The van der Waals surface area contributed by atoms with Gasteiger partial charge in [0.2, 0.25) is 0 Å². The quantitative estimate of drug-likeness (QED) is 0.847. The third-order valence-corrected chi connectivity index (χ3v) is 2.96. The zero-order valence-corrected chi connectivity index (χ0v) is 12.3. The van der Waals surface area contributed by atoms with Crippen molar-refractivity contribution >= 4 is 11.8 Å². The van der Waals surface area contributed by atoms with E-state index in [2.05, 4.69) is 5.32 Å². The number of hydrogen-bond donors (Lipinski definition) is 1. The first-order chi connectivity index (χ1) is 10.1. The Kier molecular flexibility index (Phi) is 5.21. The molecule has 2 aromatic carbocycles. The van der Waals surface area contributed by atoms with Crippen LogP contribution < -0.4 is 10.1 Å². The molecule has 0 atom stereocenters. The summed E-state index contributed by atoms with van der Waals surface area (Å²) < 4.78 is 10.5. The van der Waals surface area contributed by atoms with Crippen LogP contribution in [0.3, 0.4) is 0 Å². The van der Waals surface area contributed by atoms with E-state index in [9.17, 15) is 4.79 Å². The summed E-state index contributed by atoms with van der Waals surface area (Å²) in [7, 11) is 0. The van der Waals surface area contributed by atoms with Gasteiger partial charge in [-0.1, -0.05) is 30.3 Å². The Morgan fingerprint density at radius 1 is 1.05 bits per heavy atom. The fraction of sp³-hybridized carbons (Fsp3) is 0.235. The molecular weight excluding hydrogens is 266 g/mol. The van der Waals surface area contributed by atoms with Gasteiger partial charge in [-0.25, -0.2) is 4.79 Å². The summed E-state index contributed by atoms with van der Waals surface area (Å²) in [6.45, 7) is 4.44. The lowest BCUT2D eigenvalue weighted by Crippen LogP contribution is -2.18. The van der Waals surface area contributed by atoms with Gasteiger partial charge in [0.15, 0.2) is 0 Å². The van der Waals surface area contributed by atoms with Crippen molar-refractivity contribution in [1.82, 2.24) is 0 Å². The first-order valence-electron chi connectivity index (χ1n) is 6.84. The molecule has 0 spiro atoms. The van der Waals surface area contributed by atoms with Gasteiger partial charge in [0, 0.05) is 5.69 Å². The summed E-state index contributed by atoms with van der Waals surface area (Å²) in [6.07, 6.45) is -0.472. The van der Waals surface area contributed by atoms with Gasteiger partial charge in [-0.15, -0.1) is 0 Å². The van der Waals surface area contributed by atoms with Crippen LogP contribution in [0.2, 0.25) is 0 Å². The van der Waals surface area contributed by atoms with E-state index in [-0.39, 0.29) is 6.61 Å². The van der Waals surface area contributed by atoms with E-state index in [1.807, 2.05) is 62.4 Å². The number of hydrogen-bond acceptors (Lipinski definition) is 3. The standard InChI is InChI=1S/C17H19NO3/c1-13-8-9-14(2)16(12-13)18-17(19)21-11-10-20-15-6-4-3-5-7-15/h3-9,12H,10-11H2,1-2H3,(H,18,19). The number of carbonyl (C=O) groups is 1. The average molecular weight is 285 g/mol. The maximum atomic E-state index is 11.7. The van der Waals surface area contributed by atoms with E-state index in [1.54, 1.807) is 0 Å². The molecule has 21 heavy (non-hydrogen) atoms. The molecule has 1 amide bonds. The zero-order valence-electron chi connectivity index (χ0n) is 12.3. The van der Waals surface area contributed by atoms with Crippen molar-refractivity contribution < 1.29 is 14.3 Å². The number of rotatable bonds is 5. The Morgan fingerprint density at radius 3 is 2.57 bits per heavy atom. The molecule has 0 saturated carbocycles. The van der Waals surface area contributed by atoms with Crippen LogP contribution >= 0.6 is 0 Å². The van der Waals surface area contributed by atoms with E-state index in [1.165, 1.54) is 0 Å². The Bertz CT molecular complexity index is 596. The van der Waals surface area contributed by atoms with E-state index in [0.717, 1.165) is 22.6 Å². The summed E-state index contributed by atoms with van der Waals surface area (Å²) in [5.74, 6) is 0.760. The predicted molar refractivity (Wildman–Crippen MR) is 82.8 cm³/mol. The molecule has 0 aliphatic carbocycles. The lowest BCUT2D eigenvalue weighted by Gasteiger charge is -2.10. The van der Waals surface area contributed by atoms with Crippen LogP contribution in [-0.2, 0) is 4.74 Å². The topological polar surface area (TPSA) is 47.6 Å². The van der Waals surface area contributed by atoms with Gasteiger partial charge in [-0.05, 0) is 43.2 Å². The second-order valence-corrected chi connectivity index (χ2v) is 4.74. The van der Waals surface area contributed by atoms with Crippen molar-refractivity contribution in [3.05, 3.63) is 59.7 Å². The Balaban J connectivity index is 1.74. The second-order valence-electron chi connectivity index (χ2n) is 4.74. The normalized spacial score (nSPS) is 10.0. The van der Waals surface area contributed by atoms with Crippen LogP contribution in [-0.4, -0.2) is 19.3 Å². The third kappa shape index (κ3) is 4.84. The van der Waals surface area contributed by atoms with Crippen molar-refractivity contribution in [2.24, 2.45) is 0 Å². The molecule has 0 aliphatic rings. The molecule has 2 rings (SSSR count). The summed E-state index contributed by atoms with van der Waals surface area (Å²) >= 11 is 0. The zero-order chi connectivity index (χ0) is 15.1. The average Bonchev–Trinajstić information content (AvgIpc) is 2.48. The molecule has 0 aromatic heterocycles. The molecule has 0 unspecified atom stereocenters. The first kappa shape index (κ1) is 14.9. The van der Waals surface area contributed by atoms with Crippen LogP contribution in [0, 0.1) is 13.8 Å². The SMILES string of the molecule is Cc1ccc(C)c(NC(=O)OCCOc2ccccc2)c1. The Morgan fingerprint density at radius 2 is 1.81 bits per heavy atom. The highest BCUT2D eigenvalue weighted by Gasteiger charge is 2.05. The van der Waals surface area contributed by atoms with Crippen LogP contribution in [0.1, 0.15) is 11.1 Å². The molecule has 1 N–H and O–H groups in total. The highest BCUT2D eigenvalue weighted by molar-refractivity contribution is 5.85. The number of aryl methyl sites for hydroxylation is 2. The van der Waals surface area contributed by atoms with Crippen molar-refractivity contribution in [1.29, 1.82) is 0 Å². The summed E-state index contributed by atoms with van der Waals surface area (Å²) in [5, 5.41) is 2.73. The van der Waals surface area contributed by atoms with Gasteiger partial charge in [0.25, 0.3) is 0 Å². The smallest absolute Gasteiger partial charge is 0.411 e.